The van der Waals surface area contributed by atoms with Crippen molar-refractivity contribution in [2.24, 2.45) is 5.92 Å². The van der Waals surface area contributed by atoms with E-state index in [4.69, 9.17) is 4.74 Å². The lowest BCUT2D eigenvalue weighted by atomic mass is 10.1. The van der Waals surface area contributed by atoms with Crippen molar-refractivity contribution in [2.45, 2.75) is 26.4 Å². The molecule has 1 rings (SSSR count). The lowest BCUT2D eigenvalue weighted by Crippen LogP contribution is -2.16. The minimum Gasteiger partial charge on any atom is -0.370 e. The minimum atomic E-state index is -0.0972. The number of rotatable bonds is 1. The van der Waals surface area contributed by atoms with Gasteiger partial charge in [0.1, 0.15) is 6.10 Å². The Balaban J connectivity index is 2.51. The number of ether oxygens (including phenoxy) is 1. The van der Waals surface area contributed by atoms with Crippen molar-refractivity contribution >= 4 is 5.78 Å². The smallest absolute Gasteiger partial charge is 0.166 e. The average Bonchev–Trinajstić information content (AvgIpc) is 2.15. The Hall–Kier alpha value is -0.370. The van der Waals surface area contributed by atoms with Gasteiger partial charge in [0.05, 0.1) is 6.61 Å². The van der Waals surface area contributed by atoms with Crippen LogP contribution in [0.25, 0.3) is 0 Å². The van der Waals surface area contributed by atoms with Gasteiger partial charge in [-0.2, -0.15) is 0 Å². The van der Waals surface area contributed by atoms with Crippen LogP contribution in [0.1, 0.15) is 20.3 Å². The number of hydrogen-bond donors (Lipinski definition) is 0. The van der Waals surface area contributed by atoms with Crippen molar-refractivity contribution in [1.82, 2.24) is 0 Å². The molecule has 2 atom stereocenters. The van der Waals surface area contributed by atoms with Gasteiger partial charge in [-0.1, -0.05) is 13.8 Å². The van der Waals surface area contributed by atoms with Gasteiger partial charge >= 0.3 is 0 Å². The van der Waals surface area contributed by atoms with Gasteiger partial charge in [0.2, 0.25) is 0 Å². The standard InChI is InChI=1S/C7H12O2/c1-3-6-7(8)5(2)4-9-6/h5-6H,3-4H2,1-2H3/t5-,6-/m1/s1. The molecule has 0 saturated carbocycles. The summed E-state index contributed by atoms with van der Waals surface area (Å²) in [6.07, 6.45) is 0.725. The van der Waals surface area contributed by atoms with E-state index in [0.717, 1.165) is 6.42 Å². The summed E-state index contributed by atoms with van der Waals surface area (Å²) < 4.78 is 5.18. The zero-order chi connectivity index (χ0) is 6.85. The quantitative estimate of drug-likeness (QED) is 0.526. The second-order valence-electron chi connectivity index (χ2n) is 2.53. The molecule has 0 aliphatic carbocycles. The molecular formula is C7H12O2. The molecule has 0 aromatic rings. The first kappa shape index (κ1) is 6.75. The van der Waals surface area contributed by atoms with Crippen LogP contribution in [0.2, 0.25) is 0 Å². The van der Waals surface area contributed by atoms with E-state index >= 15 is 0 Å². The number of carbonyl (C=O) groups excluding carboxylic acids is 1. The van der Waals surface area contributed by atoms with Crippen molar-refractivity contribution < 1.29 is 9.53 Å². The molecule has 1 heterocycles. The molecule has 0 aromatic heterocycles. The molecule has 0 unspecified atom stereocenters. The Morgan fingerprint density at radius 1 is 1.78 bits per heavy atom. The maximum absolute atomic E-state index is 11.0. The van der Waals surface area contributed by atoms with E-state index in [1.54, 1.807) is 0 Å². The van der Waals surface area contributed by atoms with E-state index in [2.05, 4.69) is 0 Å². The van der Waals surface area contributed by atoms with E-state index in [-0.39, 0.29) is 17.8 Å². The van der Waals surface area contributed by atoms with E-state index in [1.165, 1.54) is 0 Å². The molecule has 0 N–H and O–H groups in total. The zero-order valence-electron chi connectivity index (χ0n) is 5.89. The average molecular weight is 128 g/mol. The molecule has 0 bridgehead atoms. The Morgan fingerprint density at radius 3 is 2.67 bits per heavy atom. The van der Waals surface area contributed by atoms with Crippen LogP contribution in [0.5, 0.6) is 0 Å². The Kier molecular flexibility index (Phi) is 1.86. The van der Waals surface area contributed by atoms with E-state index in [0.29, 0.717) is 6.61 Å². The summed E-state index contributed by atoms with van der Waals surface area (Å²) in [5, 5.41) is 0. The molecule has 2 heteroatoms. The van der Waals surface area contributed by atoms with Crippen molar-refractivity contribution in [2.75, 3.05) is 6.61 Å². The molecule has 2 nitrogen and oxygen atoms in total. The Bertz CT molecular complexity index is 120. The van der Waals surface area contributed by atoms with Crippen LogP contribution in [0, 0.1) is 5.92 Å². The second-order valence-corrected chi connectivity index (χ2v) is 2.53. The Morgan fingerprint density at radius 2 is 2.44 bits per heavy atom. The third-order valence-corrected chi connectivity index (χ3v) is 1.72. The van der Waals surface area contributed by atoms with Gasteiger partial charge in [-0.3, -0.25) is 4.79 Å². The van der Waals surface area contributed by atoms with Crippen LogP contribution in [0.3, 0.4) is 0 Å². The van der Waals surface area contributed by atoms with Gasteiger partial charge in [-0.05, 0) is 6.42 Å². The minimum absolute atomic E-state index is 0.0972. The number of hydrogen-bond acceptors (Lipinski definition) is 2. The van der Waals surface area contributed by atoms with Gasteiger partial charge in [0.25, 0.3) is 0 Å². The van der Waals surface area contributed by atoms with Gasteiger partial charge in [-0.25, -0.2) is 0 Å². The van der Waals surface area contributed by atoms with E-state index < -0.39 is 0 Å². The van der Waals surface area contributed by atoms with Crippen molar-refractivity contribution in [3.63, 3.8) is 0 Å². The van der Waals surface area contributed by atoms with Crippen LogP contribution >= 0.6 is 0 Å². The predicted octanol–water partition coefficient (Wildman–Crippen LogP) is 1.00. The molecule has 1 fully saturated rings. The monoisotopic (exact) mass is 128 g/mol. The van der Waals surface area contributed by atoms with Gasteiger partial charge < -0.3 is 4.74 Å². The lowest BCUT2D eigenvalue weighted by Gasteiger charge is -2.00. The molecule has 1 aliphatic rings. The highest BCUT2D eigenvalue weighted by Gasteiger charge is 2.30. The largest absolute Gasteiger partial charge is 0.370 e. The summed E-state index contributed by atoms with van der Waals surface area (Å²) in [5.41, 5.74) is 0. The van der Waals surface area contributed by atoms with Crippen LogP contribution < -0.4 is 0 Å². The third kappa shape index (κ3) is 1.13. The Labute approximate surface area is 55.2 Å². The summed E-state index contributed by atoms with van der Waals surface area (Å²) in [6.45, 7) is 4.51. The van der Waals surface area contributed by atoms with Gasteiger partial charge in [0.15, 0.2) is 5.78 Å². The molecule has 1 aliphatic heterocycles. The fraction of sp³-hybridized carbons (Fsp3) is 0.857. The molecular weight excluding hydrogens is 116 g/mol. The highest BCUT2D eigenvalue weighted by molar-refractivity contribution is 5.86. The summed E-state index contributed by atoms with van der Waals surface area (Å²) in [7, 11) is 0. The maximum atomic E-state index is 11.0. The lowest BCUT2D eigenvalue weighted by molar-refractivity contribution is -0.124. The molecule has 52 valence electrons. The number of ketones is 1. The first-order chi connectivity index (χ1) is 4.25. The maximum Gasteiger partial charge on any atom is 0.166 e. The highest BCUT2D eigenvalue weighted by atomic mass is 16.5. The highest BCUT2D eigenvalue weighted by Crippen LogP contribution is 2.16. The van der Waals surface area contributed by atoms with E-state index in [1.807, 2.05) is 13.8 Å². The van der Waals surface area contributed by atoms with Crippen LogP contribution in [0.15, 0.2) is 0 Å². The summed E-state index contributed by atoms with van der Waals surface area (Å²) in [6, 6.07) is 0. The SMILES string of the molecule is CC[C@H]1OC[C@@H](C)C1=O. The number of carbonyl (C=O) groups is 1. The molecule has 0 aromatic carbocycles. The van der Waals surface area contributed by atoms with Gasteiger partial charge in [0, 0.05) is 5.92 Å². The second kappa shape index (κ2) is 2.48. The topological polar surface area (TPSA) is 26.3 Å². The molecule has 0 radical (unpaired) electrons. The fourth-order valence-electron chi connectivity index (χ4n) is 1.06. The zero-order valence-corrected chi connectivity index (χ0v) is 5.89. The van der Waals surface area contributed by atoms with Crippen LogP contribution in [-0.2, 0) is 9.53 Å². The molecule has 0 spiro atoms. The molecule has 9 heavy (non-hydrogen) atoms. The number of Topliss-reactive ketones (excluding diaryl/α,β-unsaturated/α-hetero) is 1. The van der Waals surface area contributed by atoms with Crippen molar-refractivity contribution in [1.29, 1.82) is 0 Å². The van der Waals surface area contributed by atoms with Crippen LogP contribution in [0.4, 0.5) is 0 Å². The van der Waals surface area contributed by atoms with Crippen molar-refractivity contribution in [3.05, 3.63) is 0 Å². The summed E-state index contributed by atoms with van der Waals surface area (Å²) in [4.78, 5) is 11.0. The normalized spacial score (nSPS) is 35.6. The first-order valence-corrected chi connectivity index (χ1v) is 3.41. The molecule has 1 saturated heterocycles. The summed E-state index contributed by atoms with van der Waals surface area (Å²) in [5.74, 6) is 0.410. The predicted molar refractivity (Wildman–Crippen MR) is 34.2 cm³/mol. The van der Waals surface area contributed by atoms with Crippen LogP contribution in [-0.4, -0.2) is 18.5 Å². The third-order valence-electron chi connectivity index (χ3n) is 1.72. The van der Waals surface area contributed by atoms with Crippen molar-refractivity contribution in [3.8, 4) is 0 Å². The molecule has 0 amide bonds. The van der Waals surface area contributed by atoms with E-state index in [9.17, 15) is 4.79 Å². The first-order valence-electron chi connectivity index (χ1n) is 3.41. The van der Waals surface area contributed by atoms with Gasteiger partial charge in [-0.15, -0.1) is 0 Å². The summed E-state index contributed by atoms with van der Waals surface area (Å²) >= 11 is 0. The fourth-order valence-corrected chi connectivity index (χ4v) is 1.06.